The Bertz CT molecular complexity index is 602. The molecule has 0 aliphatic heterocycles. The minimum absolute atomic E-state index is 0.270. The quantitative estimate of drug-likeness (QED) is 0.943. The Hall–Kier alpha value is -1.58. The van der Waals surface area contributed by atoms with Crippen LogP contribution < -0.4 is 10.6 Å². The number of rotatable bonds is 3. The van der Waals surface area contributed by atoms with Crippen molar-refractivity contribution in [1.82, 2.24) is 4.98 Å². The Morgan fingerprint density at radius 3 is 2.94 bits per heavy atom. The second kappa shape index (κ2) is 5.38. The average molecular weight is 323 g/mol. The van der Waals surface area contributed by atoms with Gasteiger partial charge in [0.2, 0.25) is 0 Å². The van der Waals surface area contributed by atoms with Crippen molar-refractivity contribution in [3.8, 4) is 6.07 Å². The van der Waals surface area contributed by atoms with E-state index in [2.05, 4.69) is 27.0 Å². The van der Waals surface area contributed by atoms with E-state index in [1.807, 2.05) is 29.5 Å². The van der Waals surface area contributed by atoms with Crippen LogP contribution in [0.2, 0.25) is 0 Å². The molecule has 2 heterocycles. The Morgan fingerprint density at radius 2 is 2.33 bits per heavy atom. The molecule has 0 aliphatic rings. The van der Waals surface area contributed by atoms with Crippen LogP contribution in [0.25, 0.3) is 0 Å². The number of nitrogen functional groups attached to an aromatic ring is 1. The summed E-state index contributed by atoms with van der Waals surface area (Å²) in [4.78, 5) is 7.43. The topological polar surface area (TPSA) is 65.9 Å². The van der Waals surface area contributed by atoms with Gasteiger partial charge in [-0.25, -0.2) is 4.98 Å². The predicted molar refractivity (Wildman–Crippen MR) is 77.5 cm³/mol. The molecule has 6 heteroatoms. The van der Waals surface area contributed by atoms with Crippen molar-refractivity contribution in [3.05, 3.63) is 38.6 Å². The zero-order valence-corrected chi connectivity index (χ0v) is 12.1. The number of halogens is 1. The summed E-state index contributed by atoms with van der Waals surface area (Å²) < 4.78 is 1.08. The lowest BCUT2D eigenvalue weighted by Crippen LogP contribution is -2.17. The highest BCUT2D eigenvalue weighted by molar-refractivity contribution is 9.10. The molecule has 2 aromatic heterocycles. The number of pyridine rings is 1. The lowest BCUT2D eigenvalue weighted by Gasteiger charge is -2.17. The average Bonchev–Trinajstić information content (AvgIpc) is 2.75. The number of nitrogens with zero attached hydrogens (tertiary/aromatic N) is 3. The first kappa shape index (κ1) is 12.9. The second-order valence-electron chi connectivity index (χ2n) is 3.81. The minimum atomic E-state index is 0.270. The van der Waals surface area contributed by atoms with Crippen LogP contribution in [0, 0.1) is 11.3 Å². The van der Waals surface area contributed by atoms with Gasteiger partial charge >= 0.3 is 0 Å². The van der Waals surface area contributed by atoms with Crippen LogP contribution in [-0.4, -0.2) is 12.0 Å². The van der Waals surface area contributed by atoms with Crippen molar-refractivity contribution >= 4 is 38.8 Å². The number of aromatic nitrogens is 1. The molecule has 0 amide bonds. The van der Waals surface area contributed by atoms with Gasteiger partial charge in [0.15, 0.2) is 5.69 Å². The lowest BCUT2D eigenvalue weighted by molar-refractivity contribution is 0.910. The van der Waals surface area contributed by atoms with E-state index in [-0.39, 0.29) is 5.69 Å². The van der Waals surface area contributed by atoms with Crippen LogP contribution in [-0.2, 0) is 6.54 Å². The molecule has 0 aromatic carbocycles. The number of anilines is 2. The highest BCUT2D eigenvalue weighted by atomic mass is 79.9. The smallest absolute Gasteiger partial charge is 0.165 e. The van der Waals surface area contributed by atoms with Crippen molar-refractivity contribution in [2.45, 2.75) is 6.54 Å². The summed E-state index contributed by atoms with van der Waals surface area (Å²) in [5, 5.41) is 10.9. The largest absolute Gasteiger partial charge is 0.396 e. The van der Waals surface area contributed by atoms with Crippen LogP contribution in [0.1, 0.15) is 10.6 Å². The van der Waals surface area contributed by atoms with Crippen LogP contribution in [0.3, 0.4) is 0 Å². The molecule has 2 aromatic rings. The normalized spacial score (nSPS) is 10.1. The molecule has 0 spiro atoms. The SMILES string of the molecule is CN(Cc1cc(Br)cs1)c1ccc(N)c(C#N)n1. The fraction of sp³-hybridized carbons (Fsp3) is 0.167. The molecule has 4 nitrogen and oxygen atoms in total. The molecule has 0 unspecified atom stereocenters. The van der Waals surface area contributed by atoms with E-state index in [4.69, 9.17) is 11.0 Å². The monoisotopic (exact) mass is 322 g/mol. The van der Waals surface area contributed by atoms with Gasteiger partial charge < -0.3 is 10.6 Å². The number of nitriles is 1. The highest BCUT2D eigenvalue weighted by Crippen LogP contribution is 2.23. The van der Waals surface area contributed by atoms with E-state index >= 15 is 0 Å². The van der Waals surface area contributed by atoms with Crippen molar-refractivity contribution in [3.63, 3.8) is 0 Å². The van der Waals surface area contributed by atoms with E-state index in [1.54, 1.807) is 17.4 Å². The first-order chi connectivity index (χ1) is 8.60. The van der Waals surface area contributed by atoms with Crippen LogP contribution in [0.15, 0.2) is 28.1 Å². The third kappa shape index (κ3) is 2.81. The van der Waals surface area contributed by atoms with Crippen molar-refractivity contribution < 1.29 is 0 Å². The summed E-state index contributed by atoms with van der Waals surface area (Å²) in [6, 6.07) is 7.59. The molecule has 0 radical (unpaired) electrons. The summed E-state index contributed by atoms with van der Waals surface area (Å²) >= 11 is 5.11. The lowest BCUT2D eigenvalue weighted by atomic mass is 10.3. The third-order valence-corrected chi connectivity index (χ3v) is 4.11. The van der Waals surface area contributed by atoms with Gasteiger partial charge in [-0.3, -0.25) is 0 Å². The van der Waals surface area contributed by atoms with Gasteiger partial charge in [0, 0.05) is 21.8 Å². The maximum absolute atomic E-state index is 8.90. The van der Waals surface area contributed by atoms with Crippen molar-refractivity contribution in [2.24, 2.45) is 0 Å². The van der Waals surface area contributed by atoms with E-state index in [1.165, 1.54) is 4.88 Å². The van der Waals surface area contributed by atoms with Crippen molar-refractivity contribution in [2.75, 3.05) is 17.7 Å². The Labute approximate surface area is 118 Å². The molecule has 0 saturated heterocycles. The van der Waals surface area contributed by atoms with Gasteiger partial charge in [-0.05, 0) is 34.1 Å². The predicted octanol–water partition coefficient (Wildman–Crippen LogP) is 3.00. The molecule has 18 heavy (non-hydrogen) atoms. The first-order valence-electron chi connectivity index (χ1n) is 5.21. The number of nitrogens with two attached hydrogens (primary N) is 1. The molecule has 0 fully saturated rings. The molecule has 92 valence electrons. The standard InChI is InChI=1S/C12H11BrN4S/c1-17(6-9-4-8(13)7-18-9)12-3-2-10(15)11(5-14)16-12/h2-4,7H,6,15H2,1H3. The van der Waals surface area contributed by atoms with Gasteiger partial charge in [0.25, 0.3) is 0 Å². The minimum Gasteiger partial charge on any atom is -0.396 e. The molecule has 2 N–H and O–H groups in total. The van der Waals surface area contributed by atoms with E-state index in [0.29, 0.717) is 5.69 Å². The molecule has 0 saturated carbocycles. The van der Waals surface area contributed by atoms with Gasteiger partial charge in [-0.1, -0.05) is 0 Å². The van der Waals surface area contributed by atoms with Gasteiger partial charge in [0.05, 0.1) is 12.2 Å². The molecule has 0 bridgehead atoms. The maximum Gasteiger partial charge on any atom is 0.165 e. The van der Waals surface area contributed by atoms with Gasteiger partial charge in [-0.2, -0.15) is 5.26 Å². The Morgan fingerprint density at radius 1 is 1.56 bits per heavy atom. The maximum atomic E-state index is 8.90. The first-order valence-corrected chi connectivity index (χ1v) is 6.88. The summed E-state index contributed by atoms with van der Waals surface area (Å²) in [7, 11) is 1.94. The Kier molecular flexibility index (Phi) is 3.84. The molecule has 0 atom stereocenters. The van der Waals surface area contributed by atoms with E-state index < -0.39 is 0 Å². The summed E-state index contributed by atoms with van der Waals surface area (Å²) in [5.41, 5.74) is 6.33. The van der Waals surface area contributed by atoms with Gasteiger partial charge in [0.1, 0.15) is 11.9 Å². The van der Waals surface area contributed by atoms with Crippen molar-refractivity contribution in [1.29, 1.82) is 5.26 Å². The zero-order chi connectivity index (χ0) is 13.1. The summed E-state index contributed by atoms with van der Waals surface area (Å²) in [5.74, 6) is 0.741. The number of hydrogen-bond donors (Lipinski definition) is 1. The molecular formula is C12H11BrN4S. The third-order valence-electron chi connectivity index (χ3n) is 2.42. The highest BCUT2D eigenvalue weighted by Gasteiger charge is 2.08. The zero-order valence-electron chi connectivity index (χ0n) is 9.72. The van der Waals surface area contributed by atoms with Gasteiger partial charge in [-0.15, -0.1) is 11.3 Å². The number of hydrogen-bond acceptors (Lipinski definition) is 5. The Balaban J connectivity index is 2.19. The fourth-order valence-corrected chi connectivity index (χ4v) is 3.02. The molecule has 2 rings (SSSR count). The van der Waals surface area contributed by atoms with E-state index in [0.717, 1.165) is 16.8 Å². The summed E-state index contributed by atoms with van der Waals surface area (Å²) in [6.45, 7) is 0.748. The van der Waals surface area contributed by atoms with Crippen LogP contribution >= 0.6 is 27.3 Å². The summed E-state index contributed by atoms with van der Waals surface area (Å²) in [6.07, 6.45) is 0. The van der Waals surface area contributed by atoms with Crippen LogP contribution in [0.5, 0.6) is 0 Å². The second-order valence-corrected chi connectivity index (χ2v) is 5.72. The fourth-order valence-electron chi connectivity index (χ4n) is 1.51. The van der Waals surface area contributed by atoms with Crippen LogP contribution in [0.4, 0.5) is 11.5 Å². The molecule has 0 aliphatic carbocycles. The molecular weight excluding hydrogens is 312 g/mol. The number of thiophene rings is 1. The van der Waals surface area contributed by atoms with E-state index in [9.17, 15) is 0 Å².